The fourth-order valence-electron chi connectivity index (χ4n) is 3.69. The van der Waals surface area contributed by atoms with Gasteiger partial charge in [0.05, 0.1) is 10.7 Å². The molecule has 2 aromatic carbocycles. The smallest absolute Gasteiger partial charge is 0.227 e. The zero-order valence-corrected chi connectivity index (χ0v) is 17.4. The second-order valence-electron chi connectivity index (χ2n) is 6.88. The molecule has 0 bridgehead atoms. The second-order valence-corrected chi connectivity index (χ2v) is 7.28. The number of likely N-dealkylation sites (tertiary alicyclic amines) is 1. The fraction of sp³-hybridized carbons (Fsp3) is 0.409. The van der Waals surface area contributed by atoms with Gasteiger partial charge in [-0.05, 0) is 37.0 Å². The van der Waals surface area contributed by atoms with Crippen LogP contribution in [0.3, 0.4) is 0 Å². The molecule has 1 saturated heterocycles. The molecule has 0 unspecified atom stereocenters. The van der Waals surface area contributed by atoms with Crippen LogP contribution in [0.5, 0.6) is 0 Å². The fourth-order valence-corrected chi connectivity index (χ4v) is 3.91. The van der Waals surface area contributed by atoms with Crippen LogP contribution in [0.15, 0.2) is 54.6 Å². The maximum Gasteiger partial charge on any atom is 0.227 e. The van der Waals surface area contributed by atoms with Crippen LogP contribution in [0.25, 0.3) is 0 Å². The van der Waals surface area contributed by atoms with Gasteiger partial charge in [0.25, 0.3) is 0 Å². The molecule has 1 heterocycles. The van der Waals surface area contributed by atoms with E-state index in [9.17, 15) is 4.79 Å². The summed E-state index contributed by atoms with van der Waals surface area (Å²) in [6.45, 7) is 5.04. The summed E-state index contributed by atoms with van der Waals surface area (Å²) in [6, 6.07) is 18.5. The van der Waals surface area contributed by atoms with Crippen LogP contribution in [-0.4, -0.2) is 36.5 Å². The minimum absolute atomic E-state index is 0. The Hall–Kier alpha value is -1.55. The average molecular weight is 407 g/mol. The first kappa shape index (κ1) is 21.7. The van der Waals surface area contributed by atoms with Gasteiger partial charge in [0, 0.05) is 32.1 Å². The van der Waals surface area contributed by atoms with Gasteiger partial charge in [-0.1, -0.05) is 61.0 Å². The van der Waals surface area contributed by atoms with E-state index < -0.39 is 0 Å². The molecule has 3 rings (SSSR count). The zero-order chi connectivity index (χ0) is 18.4. The zero-order valence-electron chi connectivity index (χ0n) is 15.8. The molecule has 27 heavy (non-hydrogen) atoms. The standard InChI is InChI=1S/C22H27ClN2O.ClH/c1-2-22(26)25(21-11-7-6-10-20(21)23)19-13-16-24(17-14-19)15-12-18-8-4-3-5-9-18;/h3-11,19H,2,12-17H2,1H3;1H. The highest BCUT2D eigenvalue weighted by atomic mass is 35.5. The van der Waals surface area contributed by atoms with Crippen molar-refractivity contribution in [1.82, 2.24) is 4.90 Å². The number of halogens is 2. The van der Waals surface area contributed by atoms with Crippen molar-refractivity contribution in [3.8, 4) is 0 Å². The van der Waals surface area contributed by atoms with Crippen molar-refractivity contribution in [3.63, 3.8) is 0 Å². The number of hydrogen-bond donors (Lipinski definition) is 0. The lowest BCUT2D eigenvalue weighted by Crippen LogP contribution is -2.48. The van der Waals surface area contributed by atoms with Crippen LogP contribution in [0.4, 0.5) is 5.69 Å². The minimum Gasteiger partial charge on any atom is -0.308 e. The Labute approximate surface area is 173 Å². The first-order valence-electron chi connectivity index (χ1n) is 9.52. The van der Waals surface area contributed by atoms with Crippen LogP contribution in [-0.2, 0) is 11.2 Å². The molecule has 0 aromatic heterocycles. The van der Waals surface area contributed by atoms with Crippen molar-refractivity contribution < 1.29 is 4.79 Å². The first-order valence-corrected chi connectivity index (χ1v) is 9.89. The number of amides is 1. The molecule has 146 valence electrons. The Kier molecular flexibility index (Phi) is 8.62. The summed E-state index contributed by atoms with van der Waals surface area (Å²) < 4.78 is 0. The number of piperidine rings is 1. The van der Waals surface area contributed by atoms with E-state index in [0.717, 1.165) is 44.6 Å². The molecule has 1 fully saturated rings. The van der Waals surface area contributed by atoms with Crippen molar-refractivity contribution in [2.75, 3.05) is 24.5 Å². The van der Waals surface area contributed by atoms with Crippen LogP contribution in [0.2, 0.25) is 5.02 Å². The first-order chi connectivity index (χ1) is 12.7. The van der Waals surface area contributed by atoms with Crippen molar-refractivity contribution in [3.05, 3.63) is 65.2 Å². The van der Waals surface area contributed by atoms with Gasteiger partial charge in [-0.15, -0.1) is 12.4 Å². The Bertz CT molecular complexity index is 715. The van der Waals surface area contributed by atoms with Crippen LogP contribution < -0.4 is 4.90 Å². The summed E-state index contributed by atoms with van der Waals surface area (Å²) in [5.74, 6) is 0.154. The SMILES string of the molecule is CCC(=O)N(c1ccccc1Cl)C1CCN(CCc2ccccc2)CC1.Cl. The largest absolute Gasteiger partial charge is 0.308 e. The molecular formula is C22H28Cl2N2O. The lowest BCUT2D eigenvalue weighted by Gasteiger charge is -2.39. The van der Waals surface area contributed by atoms with Crippen molar-refractivity contribution in [2.24, 2.45) is 0 Å². The Morgan fingerprint density at radius 1 is 1.07 bits per heavy atom. The van der Waals surface area contributed by atoms with Crippen molar-refractivity contribution in [1.29, 1.82) is 0 Å². The topological polar surface area (TPSA) is 23.6 Å². The molecule has 2 aromatic rings. The summed E-state index contributed by atoms with van der Waals surface area (Å²) in [6.07, 6.45) is 3.56. The van der Waals surface area contributed by atoms with Crippen molar-refractivity contribution in [2.45, 2.75) is 38.6 Å². The number of para-hydroxylation sites is 1. The van der Waals surface area contributed by atoms with E-state index in [1.165, 1.54) is 5.56 Å². The molecule has 1 aliphatic rings. The van der Waals surface area contributed by atoms with Crippen molar-refractivity contribution >= 4 is 35.6 Å². The number of anilines is 1. The second kappa shape index (κ2) is 10.7. The third-order valence-corrected chi connectivity index (χ3v) is 5.48. The molecule has 0 N–H and O–H groups in total. The lowest BCUT2D eigenvalue weighted by atomic mass is 10.0. The third-order valence-electron chi connectivity index (χ3n) is 5.16. The number of benzene rings is 2. The van der Waals surface area contributed by atoms with Gasteiger partial charge >= 0.3 is 0 Å². The molecule has 0 atom stereocenters. The highest BCUT2D eigenvalue weighted by Gasteiger charge is 2.29. The summed E-state index contributed by atoms with van der Waals surface area (Å²) in [7, 11) is 0. The van der Waals surface area contributed by atoms with Gasteiger partial charge < -0.3 is 9.80 Å². The summed E-state index contributed by atoms with van der Waals surface area (Å²) in [4.78, 5) is 17.1. The monoisotopic (exact) mass is 406 g/mol. The van der Waals surface area contributed by atoms with Crippen LogP contribution in [0, 0.1) is 0 Å². The molecule has 3 nitrogen and oxygen atoms in total. The van der Waals surface area contributed by atoms with E-state index in [1.54, 1.807) is 0 Å². The number of hydrogen-bond acceptors (Lipinski definition) is 2. The van der Waals surface area contributed by atoms with Gasteiger partial charge in [0.15, 0.2) is 0 Å². The van der Waals surface area contributed by atoms with Gasteiger partial charge in [0.1, 0.15) is 0 Å². The molecule has 1 amide bonds. The molecule has 0 saturated carbocycles. The summed E-state index contributed by atoms with van der Waals surface area (Å²) >= 11 is 6.38. The average Bonchev–Trinajstić information content (AvgIpc) is 2.69. The van der Waals surface area contributed by atoms with Gasteiger partial charge in [-0.25, -0.2) is 0 Å². The quantitative estimate of drug-likeness (QED) is 0.656. The maximum absolute atomic E-state index is 12.6. The van der Waals surface area contributed by atoms with Crippen LogP contribution >= 0.6 is 24.0 Å². The minimum atomic E-state index is 0. The highest BCUT2D eigenvalue weighted by molar-refractivity contribution is 6.33. The predicted molar refractivity (Wildman–Crippen MR) is 116 cm³/mol. The third kappa shape index (κ3) is 5.71. The Balaban J connectivity index is 0.00000261. The summed E-state index contributed by atoms with van der Waals surface area (Å²) in [5, 5.41) is 0.654. The van der Waals surface area contributed by atoms with Gasteiger partial charge in [-0.2, -0.15) is 0 Å². The van der Waals surface area contributed by atoms with E-state index in [4.69, 9.17) is 11.6 Å². The number of rotatable bonds is 6. The molecule has 0 spiro atoms. The summed E-state index contributed by atoms with van der Waals surface area (Å²) in [5.41, 5.74) is 2.23. The molecular weight excluding hydrogens is 379 g/mol. The van der Waals surface area contributed by atoms with Gasteiger partial charge in [0.2, 0.25) is 5.91 Å². The normalized spacial score (nSPS) is 15.2. The predicted octanol–water partition coefficient (Wildman–Crippen LogP) is 5.21. The number of nitrogens with zero attached hydrogens (tertiary/aromatic N) is 2. The molecule has 0 aliphatic carbocycles. The Morgan fingerprint density at radius 2 is 1.70 bits per heavy atom. The van der Waals surface area contributed by atoms with E-state index >= 15 is 0 Å². The highest BCUT2D eigenvalue weighted by Crippen LogP contribution is 2.30. The number of carbonyl (C=O) groups is 1. The Morgan fingerprint density at radius 3 is 2.33 bits per heavy atom. The van der Waals surface area contributed by atoms with Gasteiger partial charge in [-0.3, -0.25) is 4.79 Å². The maximum atomic E-state index is 12.6. The number of carbonyl (C=O) groups excluding carboxylic acids is 1. The van der Waals surface area contributed by atoms with E-state index in [2.05, 4.69) is 35.2 Å². The van der Waals surface area contributed by atoms with Crippen LogP contribution in [0.1, 0.15) is 31.7 Å². The van der Waals surface area contributed by atoms with E-state index in [-0.39, 0.29) is 24.4 Å². The molecule has 5 heteroatoms. The molecule has 0 radical (unpaired) electrons. The lowest BCUT2D eigenvalue weighted by molar-refractivity contribution is -0.119. The van der Waals surface area contributed by atoms with E-state index in [0.29, 0.717) is 11.4 Å². The van der Waals surface area contributed by atoms with E-state index in [1.807, 2.05) is 36.1 Å². The molecule has 1 aliphatic heterocycles.